The van der Waals surface area contributed by atoms with E-state index in [9.17, 15) is 19.2 Å². The third-order valence-electron chi connectivity index (χ3n) is 3.74. The van der Waals surface area contributed by atoms with Crippen molar-refractivity contribution in [1.82, 2.24) is 10.6 Å². The molecule has 0 heterocycles. The first kappa shape index (κ1) is 21.4. The fourth-order valence-electron chi connectivity index (χ4n) is 2.36. The lowest BCUT2D eigenvalue weighted by Crippen LogP contribution is -2.32. The van der Waals surface area contributed by atoms with E-state index in [4.69, 9.17) is 9.47 Å². The molecule has 9 heteroatoms. The van der Waals surface area contributed by atoms with Gasteiger partial charge in [-0.2, -0.15) is 0 Å². The van der Waals surface area contributed by atoms with Crippen molar-refractivity contribution in [2.45, 2.75) is 0 Å². The van der Waals surface area contributed by atoms with Crippen LogP contribution < -0.4 is 20.7 Å². The van der Waals surface area contributed by atoms with Crippen molar-refractivity contribution in [3.05, 3.63) is 59.7 Å². The zero-order valence-corrected chi connectivity index (χ0v) is 16.0. The molecule has 0 unspecified atom stereocenters. The Kier molecular flexibility index (Phi) is 7.72. The Bertz CT molecular complexity index is 913. The van der Waals surface area contributed by atoms with Crippen molar-refractivity contribution < 1.29 is 28.7 Å². The van der Waals surface area contributed by atoms with Crippen LogP contribution in [0.15, 0.2) is 48.5 Å². The van der Waals surface area contributed by atoms with Crippen LogP contribution in [0.3, 0.4) is 0 Å². The quantitative estimate of drug-likeness (QED) is 0.569. The monoisotopic (exact) mass is 399 g/mol. The summed E-state index contributed by atoms with van der Waals surface area (Å²) in [5.41, 5.74) is 1.04. The highest BCUT2D eigenvalue weighted by atomic mass is 16.5. The maximum atomic E-state index is 12.1. The van der Waals surface area contributed by atoms with Crippen LogP contribution in [0, 0.1) is 0 Å². The van der Waals surface area contributed by atoms with Gasteiger partial charge in [0.05, 0.1) is 12.7 Å². The summed E-state index contributed by atoms with van der Waals surface area (Å²) in [6.45, 7) is -0.941. The molecular formula is C20H21N3O6. The van der Waals surface area contributed by atoms with Gasteiger partial charge in [-0.15, -0.1) is 0 Å². The third kappa shape index (κ3) is 6.35. The molecule has 29 heavy (non-hydrogen) atoms. The highest BCUT2D eigenvalue weighted by molar-refractivity contribution is 5.99. The highest BCUT2D eigenvalue weighted by Crippen LogP contribution is 2.16. The predicted octanol–water partition coefficient (Wildman–Crippen LogP) is 0.967. The van der Waals surface area contributed by atoms with Crippen LogP contribution in [-0.2, 0) is 14.3 Å². The minimum Gasteiger partial charge on any atom is -0.496 e. The number of hydrogen-bond acceptors (Lipinski definition) is 6. The van der Waals surface area contributed by atoms with Gasteiger partial charge >= 0.3 is 5.97 Å². The van der Waals surface area contributed by atoms with E-state index in [0.717, 1.165) is 0 Å². The number of anilines is 1. The molecule has 0 saturated carbocycles. The Morgan fingerprint density at radius 1 is 0.966 bits per heavy atom. The van der Waals surface area contributed by atoms with Gasteiger partial charge in [0.2, 0.25) is 0 Å². The lowest BCUT2D eigenvalue weighted by Gasteiger charge is -2.10. The Morgan fingerprint density at radius 3 is 2.45 bits per heavy atom. The molecule has 0 spiro atoms. The second kappa shape index (κ2) is 10.5. The number of ether oxygens (including phenoxy) is 2. The minimum absolute atomic E-state index is 0.275. The maximum absolute atomic E-state index is 12.1. The van der Waals surface area contributed by atoms with Crippen molar-refractivity contribution in [2.24, 2.45) is 0 Å². The second-order valence-electron chi connectivity index (χ2n) is 5.75. The summed E-state index contributed by atoms with van der Waals surface area (Å²) in [5.74, 6) is -1.78. The van der Waals surface area contributed by atoms with Crippen LogP contribution in [0.5, 0.6) is 5.75 Å². The van der Waals surface area contributed by atoms with E-state index in [1.807, 2.05) is 0 Å². The normalized spacial score (nSPS) is 9.86. The first-order chi connectivity index (χ1) is 13.9. The fourth-order valence-corrected chi connectivity index (χ4v) is 2.36. The number of hydrogen-bond donors (Lipinski definition) is 3. The summed E-state index contributed by atoms with van der Waals surface area (Å²) in [6, 6.07) is 12.9. The number of amides is 3. The van der Waals surface area contributed by atoms with Gasteiger partial charge in [0.15, 0.2) is 6.61 Å². The zero-order valence-electron chi connectivity index (χ0n) is 16.0. The number of nitrogens with one attached hydrogen (secondary N) is 3. The third-order valence-corrected chi connectivity index (χ3v) is 3.74. The van der Waals surface area contributed by atoms with Gasteiger partial charge in [-0.05, 0) is 30.3 Å². The number of para-hydroxylation sites is 1. The molecule has 0 fully saturated rings. The van der Waals surface area contributed by atoms with E-state index >= 15 is 0 Å². The summed E-state index contributed by atoms with van der Waals surface area (Å²) in [5, 5.41) is 7.41. The average Bonchev–Trinajstić information content (AvgIpc) is 2.75. The number of carbonyl (C=O) groups excluding carboxylic acids is 4. The first-order valence-corrected chi connectivity index (χ1v) is 8.63. The molecule has 0 atom stereocenters. The van der Waals surface area contributed by atoms with Crippen LogP contribution in [0.2, 0.25) is 0 Å². The van der Waals surface area contributed by atoms with E-state index in [2.05, 4.69) is 16.0 Å². The summed E-state index contributed by atoms with van der Waals surface area (Å²) >= 11 is 0. The standard InChI is InChI=1S/C20H21N3O6/c1-21-19(26)13-6-5-7-14(10-13)23-17(24)12-29-18(25)11-22-20(27)15-8-3-4-9-16(15)28-2/h3-10H,11-12H2,1-2H3,(H,21,26)(H,22,27)(H,23,24). The molecule has 2 rings (SSSR count). The molecule has 3 amide bonds. The van der Waals surface area contributed by atoms with E-state index in [-0.39, 0.29) is 11.5 Å². The van der Waals surface area contributed by atoms with Gasteiger partial charge in [-0.3, -0.25) is 19.2 Å². The van der Waals surface area contributed by atoms with Crippen molar-refractivity contribution in [3.63, 3.8) is 0 Å². The Labute approximate surface area is 167 Å². The van der Waals surface area contributed by atoms with Crippen molar-refractivity contribution in [2.75, 3.05) is 32.6 Å². The molecule has 0 radical (unpaired) electrons. The van der Waals surface area contributed by atoms with Crippen molar-refractivity contribution in [3.8, 4) is 5.75 Å². The Morgan fingerprint density at radius 2 is 1.72 bits per heavy atom. The minimum atomic E-state index is -0.775. The maximum Gasteiger partial charge on any atom is 0.325 e. The molecule has 0 saturated heterocycles. The van der Waals surface area contributed by atoms with Crippen LogP contribution in [0.1, 0.15) is 20.7 Å². The molecule has 0 aromatic heterocycles. The number of carbonyl (C=O) groups is 4. The SMILES string of the molecule is CNC(=O)c1cccc(NC(=O)COC(=O)CNC(=O)c2ccccc2OC)c1. The van der Waals surface area contributed by atoms with Gasteiger partial charge in [-0.25, -0.2) is 0 Å². The van der Waals surface area contributed by atoms with Gasteiger partial charge < -0.3 is 25.4 Å². The molecule has 2 aromatic carbocycles. The van der Waals surface area contributed by atoms with E-state index in [0.29, 0.717) is 17.0 Å². The lowest BCUT2D eigenvalue weighted by atomic mass is 10.2. The number of esters is 1. The lowest BCUT2D eigenvalue weighted by molar-refractivity contribution is -0.146. The Balaban J connectivity index is 1.79. The number of benzene rings is 2. The summed E-state index contributed by atoms with van der Waals surface area (Å²) in [4.78, 5) is 47.4. The van der Waals surface area contributed by atoms with Gasteiger partial charge in [0.25, 0.3) is 17.7 Å². The van der Waals surface area contributed by atoms with Gasteiger partial charge in [0.1, 0.15) is 12.3 Å². The van der Waals surface area contributed by atoms with Crippen molar-refractivity contribution in [1.29, 1.82) is 0 Å². The second-order valence-corrected chi connectivity index (χ2v) is 5.75. The molecule has 0 bridgehead atoms. The average molecular weight is 399 g/mol. The van der Waals surface area contributed by atoms with E-state index < -0.39 is 30.9 Å². The molecule has 0 aliphatic heterocycles. The van der Waals surface area contributed by atoms with E-state index in [1.165, 1.54) is 20.2 Å². The Hall–Kier alpha value is -3.88. The molecule has 3 N–H and O–H groups in total. The summed E-state index contributed by atoms with van der Waals surface area (Å²) in [7, 11) is 2.93. The first-order valence-electron chi connectivity index (χ1n) is 8.63. The zero-order chi connectivity index (χ0) is 21.2. The predicted molar refractivity (Wildman–Crippen MR) is 105 cm³/mol. The molecule has 0 aliphatic rings. The van der Waals surface area contributed by atoms with E-state index in [1.54, 1.807) is 42.5 Å². The topological polar surface area (TPSA) is 123 Å². The van der Waals surface area contributed by atoms with Crippen LogP contribution in [0.4, 0.5) is 5.69 Å². The fraction of sp³-hybridized carbons (Fsp3) is 0.200. The van der Waals surface area contributed by atoms with Crippen LogP contribution in [-0.4, -0.2) is 51.0 Å². The molecule has 9 nitrogen and oxygen atoms in total. The number of rotatable bonds is 8. The highest BCUT2D eigenvalue weighted by Gasteiger charge is 2.14. The summed E-state index contributed by atoms with van der Waals surface area (Å²) in [6.07, 6.45) is 0. The summed E-state index contributed by atoms with van der Waals surface area (Å²) < 4.78 is 9.93. The molecule has 2 aromatic rings. The number of methoxy groups -OCH3 is 1. The van der Waals surface area contributed by atoms with Gasteiger partial charge in [0, 0.05) is 18.3 Å². The van der Waals surface area contributed by atoms with Crippen LogP contribution >= 0.6 is 0 Å². The van der Waals surface area contributed by atoms with Crippen molar-refractivity contribution >= 4 is 29.4 Å². The van der Waals surface area contributed by atoms with Crippen LogP contribution in [0.25, 0.3) is 0 Å². The molecule has 152 valence electrons. The van der Waals surface area contributed by atoms with Gasteiger partial charge in [-0.1, -0.05) is 18.2 Å². The molecular weight excluding hydrogens is 378 g/mol. The molecule has 0 aliphatic carbocycles. The largest absolute Gasteiger partial charge is 0.496 e. The smallest absolute Gasteiger partial charge is 0.325 e.